The lowest BCUT2D eigenvalue weighted by molar-refractivity contribution is 0.374. The molecule has 3 nitrogen and oxygen atoms in total. The van der Waals surface area contributed by atoms with Gasteiger partial charge in [-0.15, -0.1) is 0 Å². The van der Waals surface area contributed by atoms with Crippen molar-refractivity contribution in [1.82, 2.24) is 5.32 Å². The van der Waals surface area contributed by atoms with E-state index in [4.69, 9.17) is 11.6 Å². The van der Waals surface area contributed by atoms with Crippen LogP contribution in [0.3, 0.4) is 0 Å². The molecule has 0 heterocycles. The molecular weight excluding hydrogens is 282 g/mol. The molecule has 1 atom stereocenters. The second kappa shape index (κ2) is 6.25. The van der Waals surface area contributed by atoms with Gasteiger partial charge in [0.15, 0.2) is 0 Å². The molecule has 0 spiro atoms. The molecule has 0 amide bonds. The number of nitrogens with one attached hydrogen (secondary N) is 1. The van der Waals surface area contributed by atoms with Crippen molar-refractivity contribution in [2.24, 2.45) is 5.92 Å². The molecule has 19 heavy (non-hydrogen) atoms. The van der Waals surface area contributed by atoms with Crippen LogP contribution in [0.1, 0.15) is 26.3 Å². The lowest BCUT2D eigenvalue weighted by Gasteiger charge is -2.29. The molecule has 0 fully saturated rings. The predicted molar refractivity (Wildman–Crippen MR) is 81.4 cm³/mol. The topological polar surface area (TPSA) is 46.2 Å². The van der Waals surface area contributed by atoms with Crippen molar-refractivity contribution in [2.75, 3.05) is 18.6 Å². The second-order valence-corrected chi connectivity index (χ2v) is 8.34. The molecule has 1 unspecified atom stereocenters. The van der Waals surface area contributed by atoms with Crippen LogP contribution in [-0.4, -0.2) is 27.0 Å². The molecule has 1 N–H and O–H groups in total. The van der Waals surface area contributed by atoms with E-state index in [2.05, 4.69) is 19.2 Å². The number of rotatable bonds is 6. The van der Waals surface area contributed by atoms with E-state index in [-0.39, 0.29) is 17.2 Å². The average Bonchev–Trinajstić information content (AvgIpc) is 2.24. The van der Waals surface area contributed by atoms with E-state index in [0.29, 0.717) is 11.6 Å². The minimum absolute atomic E-state index is 0.0773. The van der Waals surface area contributed by atoms with Crippen molar-refractivity contribution in [1.29, 1.82) is 0 Å². The summed E-state index contributed by atoms with van der Waals surface area (Å²) >= 11 is 5.99. The highest BCUT2D eigenvalue weighted by molar-refractivity contribution is 7.90. The first-order chi connectivity index (χ1) is 8.60. The zero-order chi connectivity index (χ0) is 14.7. The highest BCUT2D eigenvalue weighted by Crippen LogP contribution is 2.23. The van der Waals surface area contributed by atoms with E-state index >= 15 is 0 Å². The fourth-order valence-electron chi connectivity index (χ4n) is 1.98. The van der Waals surface area contributed by atoms with Crippen LogP contribution in [0, 0.1) is 5.92 Å². The molecular formula is C14H22ClNO2S. The SMILES string of the molecule is CC(CNC(C)(C)c1cccc(Cl)c1)CS(C)(=O)=O. The summed E-state index contributed by atoms with van der Waals surface area (Å²) in [7, 11) is -2.92. The van der Waals surface area contributed by atoms with Crippen LogP contribution in [0.4, 0.5) is 0 Å². The Kier molecular flexibility index (Phi) is 5.42. The third-order valence-electron chi connectivity index (χ3n) is 3.03. The highest BCUT2D eigenvalue weighted by Gasteiger charge is 2.21. The third-order valence-corrected chi connectivity index (χ3v) is 4.44. The summed E-state index contributed by atoms with van der Waals surface area (Å²) in [5.41, 5.74) is 0.850. The molecule has 1 rings (SSSR count). The molecule has 0 aliphatic rings. The average molecular weight is 304 g/mol. The van der Waals surface area contributed by atoms with E-state index < -0.39 is 9.84 Å². The third kappa shape index (κ3) is 5.93. The fourth-order valence-corrected chi connectivity index (χ4v) is 3.33. The molecule has 1 aromatic carbocycles. The zero-order valence-corrected chi connectivity index (χ0v) is 13.5. The van der Waals surface area contributed by atoms with E-state index in [1.165, 1.54) is 6.26 Å². The van der Waals surface area contributed by atoms with Gasteiger partial charge in [-0.1, -0.05) is 30.7 Å². The molecule has 0 aliphatic carbocycles. The van der Waals surface area contributed by atoms with Crippen LogP contribution < -0.4 is 5.32 Å². The molecule has 0 saturated heterocycles. The van der Waals surface area contributed by atoms with Crippen molar-refractivity contribution in [2.45, 2.75) is 26.3 Å². The second-order valence-electron chi connectivity index (χ2n) is 5.71. The summed E-state index contributed by atoms with van der Waals surface area (Å²) < 4.78 is 22.5. The van der Waals surface area contributed by atoms with Crippen LogP contribution in [0.25, 0.3) is 0 Å². The van der Waals surface area contributed by atoms with Gasteiger partial charge in [-0.2, -0.15) is 0 Å². The fraction of sp³-hybridized carbons (Fsp3) is 0.571. The van der Waals surface area contributed by atoms with Crippen LogP contribution in [0.5, 0.6) is 0 Å². The van der Waals surface area contributed by atoms with Crippen molar-refractivity contribution >= 4 is 21.4 Å². The Hall–Kier alpha value is -0.580. The molecule has 0 aromatic heterocycles. The van der Waals surface area contributed by atoms with E-state index in [0.717, 1.165) is 5.56 Å². The maximum absolute atomic E-state index is 11.2. The van der Waals surface area contributed by atoms with E-state index in [1.54, 1.807) is 0 Å². The lowest BCUT2D eigenvalue weighted by atomic mass is 9.94. The monoisotopic (exact) mass is 303 g/mol. The first-order valence-electron chi connectivity index (χ1n) is 6.29. The van der Waals surface area contributed by atoms with Crippen molar-refractivity contribution in [3.05, 3.63) is 34.9 Å². The summed E-state index contributed by atoms with van der Waals surface area (Å²) in [4.78, 5) is 0. The van der Waals surface area contributed by atoms with Crippen LogP contribution >= 0.6 is 11.6 Å². The van der Waals surface area contributed by atoms with Crippen molar-refractivity contribution < 1.29 is 8.42 Å². The molecule has 108 valence electrons. The summed E-state index contributed by atoms with van der Waals surface area (Å²) in [5.74, 6) is 0.277. The van der Waals surface area contributed by atoms with Gasteiger partial charge in [0.05, 0.1) is 5.75 Å². The van der Waals surface area contributed by atoms with Gasteiger partial charge in [0.2, 0.25) is 0 Å². The Morgan fingerprint density at radius 3 is 2.53 bits per heavy atom. The normalized spacial score (nSPS) is 14.4. The molecule has 0 bridgehead atoms. The molecule has 1 aromatic rings. The number of benzene rings is 1. The van der Waals surface area contributed by atoms with Gasteiger partial charge in [0.1, 0.15) is 9.84 Å². The number of hydrogen-bond acceptors (Lipinski definition) is 3. The first kappa shape index (κ1) is 16.5. The van der Waals surface area contributed by atoms with Crippen LogP contribution in [0.15, 0.2) is 24.3 Å². The zero-order valence-electron chi connectivity index (χ0n) is 11.9. The Morgan fingerprint density at radius 1 is 1.37 bits per heavy atom. The molecule has 0 radical (unpaired) electrons. The van der Waals surface area contributed by atoms with Gasteiger partial charge < -0.3 is 5.32 Å². The minimum atomic E-state index is -2.92. The summed E-state index contributed by atoms with van der Waals surface area (Å²) in [6.07, 6.45) is 1.27. The van der Waals surface area contributed by atoms with Gasteiger partial charge >= 0.3 is 0 Å². The molecule has 0 aliphatic heterocycles. The summed E-state index contributed by atoms with van der Waals surface area (Å²) in [6, 6.07) is 7.70. The maximum Gasteiger partial charge on any atom is 0.147 e. The quantitative estimate of drug-likeness (QED) is 0.879. The maximum atomic E-state index is 11.2. The Balaban J connectivity index is 2.65. The van der Waals surface area contributed by atoms with E-state index in [9.17, 15) is 8.42 Å². The molecule has 0 saturated carbocycles. The van der Waals surface area contributed by atoms with Crippen molar-refractivity contribution in [3.63, 3.8) is 0 Å². The summed E-state index contributed by atoms with van der Waals surface area (Å²) in [5, 5.41) is 4.11. The Labute approximate surface area is 121 Å². The Morgan fingerprint density at radius 2 is 2.00 bits per heavy atom. The van der Waals surface area contributed by atoms with Gasteiger partial charge in [0, 0.05) is 16.8 Å². The number of sulfone groups is 1. The van der Waals surface area contributed by atoms with Gasteiger partial charge in [0.25, 0.3) is 0 Å². The molecule has 5 heteroatoms. The standard InChI is InChI=1S/C14H22ClNO2S/c1-11(10-19(4,17)18)9-16-14(2,3)12-6-5-7-13(15)8-12/h5-8,11,16H,9-10H2,1-4H3. The largest absolute Gasteiger partial charge is 0.308 e. The number of hydrogen-bond donors (Lipinski definition) is 1. The minimum Gasteiger partial charge on any atom is -0.308 e. The van der Waals surface area contributed by atoms with Crippen LogP contribution in [0.2, 0.25) is 5.02 Å². The number of halogens is 1. The smallest absolute Gasteiger partial charge is 0.147 e. The highest BCUT2D eigenvalue weighted by atomic mass is 35.5. The predicted octanol–water partition coefficient (Wildman–Crippen LogP) is 2.85. The van der Waals surface area contributed by atoms with Gasteiger partial charge in [-0.3, -0.25) is 0 Å². The Bertz CT molecular complexity index is 526. The van der Waals surface area contributed by atoms with Gasteiger partial charge in [-0.05, 0) is 44.0 Å². The van der Waals surface area contributed by atoms with Crippen LogP contribution in [-0.2, 0) is 15.4 Å². The van der Waals surface area contributed by atoms with Gasteiger partial charge in [-0.25, -0.2) is 8.42 Å². The van der Waals surface area contributed by atoms with E-state index in [1.807, 2.05) is 31.2 Å². The lowest BCUT2D eigenvalue weighted by Crippen LogP contribution is -2.40. The first-order valence-corrected chi connectivity index (χ1v) is 8.73. The summed E-state index contributed by atoms with van der Waals surface area (Å²) in [6.45, 7) is 6.70. The van der Waals surface area contributed by atoms with Crippen molar-refractivity contribution in [3.8, 4) is 0 Å².